The van der Waals surface area contributed by atoms with Gasteiger partial charge < -0.3 is 10.0 Å². The molecule has 0 aliphatic heterocycles. The third-order valence-corrected chi connectivity index (χ3v) is 5.35. The van der Waals surface area contributed by atoms with Crippen LogP contribution in [0.25, 0.3) is 11.1 Å². The Hall–Kier alpha value is -3.75. The molecule has 1 aromatic carbocycles. The van der Waals surface area contributed by atoms with Crippen molar-refractivity contribution in [3.63, 3.8) is 0 Å². The number of nitrogens with zero attached hydrogens (tertiary/aromatic N) is 3. The second kappa shape index (κ2) is 10.9. The molecule has 2 heterocycles. The second-order valence-corrected chi connectivity index (χ2v) is 7.75. The van der Waals surface area contributed by atoms with Crippen LogP contribution in [0.1, 0.15) is 35.7 Å². The number of halogens is 3. The second-order valence-electron chi connectivity index (χ2n) is 7.75. The van der Waals surface area contributed by atoms with E-state index in [0.29, 0.717) is 35.3 Å². The quantitative estimate of drug-likeness (QED) is 0.486. The van der Waals surface area contributed by atoms with Crippen molar-refractivity contribution < 1.29 is 27.9 Å². The molecule has 0 atom stereocenters. The smallest absolute Gasteiger partial charge is 0.416 e. The standard InChI is InChI=1S/C25H24F3N3O3/c1-2-31(23(32)10-5-17-4-3-11-29-14-17)16-19-12-20(25(26,27)28)7-9-22(19)18-6-8-21(30-15-18)13-24(33)34/h3-4,6-9,11-12,14-15H,2,5,10,13,16H2,1H3,(H,33,34). The van der Waals surface area contributed by atoms with E-state index in [1.165, 1.54) is 23.2 Å². The highest BCUT2D eigenvalue weighted by Gasteiger charge is 2.31. The zero-order chi connectivity index (χ0) is 24.7. The van der Waals surface area contributed by atoms with E-state index in [1.807, 2.05) is 6.07 Å². The third kappa shape index (κ3) is 6.63. The minimum atomic E-state index is -4.53. The number of aromatic nitrogens is 2. The molecular formula is C25H24F3N3O3. The molecule has 0 aliphatic carbocycles. The van der Waals surface area contributed by atoms with Gasteiger partial charge in [0.2, 0.25) is 5.91 Å². The number of hydrogen-bond donors (Lipinski definition) is 1. The van der Waals surface area contributed by atoms with Gasteiger partial charge in [0.25, 0.3) is 0 Å². The number of rotatable bonds is 9. The number of carbonyl (C=O) groups is 2. The maximum absolute atomic E-state index is 13.4. The van der Waals surface area contributed by atoms with Crippen LogP contribution in [0.3, 0.4) is 0 Å². The topological polar surface area (TPSA) is 83.4 Å². The average molecular weight is 471 g/mol. The highest BCUT2D eigenvalue weighted by molar-refractivity contribution is 5.77. The van der Waals surface area contributed by atoms with Crippen LogP contribution in [0, 0.1) is 0 Å². The summed E-state index contributed by atoms with van der Waals surface area (Å²) in [7, 11) is 0. The normalized spacial score (nSPS) is 11.3. The number of carboxylic acids is 1. The molecule has 0 spiro atoms. The number of aliphatic carboxylic acids is 1. The molecule has 0 saturated carbocycles. The van der Waals surface area contributed by atoms with Crippen molar-refractivity contribution in [2.24, 2.45) is 0 Å². The first-order valence-electron chi connectivity index (χ1n) is 10.7. The summed E-state index contributed by atoms with van der Waals surface area (Å²) in [5.41, 5.74) is 1.81. The van der Waals surface area contributed by atoms with Crippen LogP contribution in [0.15, 0.2) is 61.1 Å². The van der Waals surface area contributed by atoms with Gasteiger partial charge in [-0.2, -0.15) is 13.2 Å². The zero-order valence-electron chi connectivity index (χ0n) is 18.5. The number of amides is 1. The van der Waals surface area contributed by atoms with E-state index in [2.05, 4.69) is 9.97 Å². The van der Waals surface area contributed by atoms with Crippen molar-refractivity contribution in [1.82, 2.24) is 14.9 Å². The van der Waals surface area contributed by atoms with Crippen molar-refractivity contribution >= 4 is 11.9 Å². The highest BCUT2D eigenvalue weighted by Crippen LogP contribution is 2.34. The van der Waals surface area contributed by atoms with Gasteiger partial charge in [-0.05, 0) is 54.3 Å². The Morgan fingerprint density at radius 2 is 1.88 bits per heavy atom. The van der Waals surface area contributed by atoms with E-state index >= 15 is 0 Å². The molecule has 0 saturated heterocycles. The molecule has 0 bridgehead atoms. The maximum atomic E-state index is 13.4. The van der Waals surface area contributed by atoms with Crippen molar-refractivity contribution in [3.05, 3.63) is 83.4 Å². The summed E-state index contributed by atoms with van der Waals surface area (Å²) in [6.07, 6.45) is 0.655. The van der Waals surface area contributed by atoms with E-state index in [4.69, 9.17) is 5.11 Å². The van der Waals surface area contributed by atoms with Gasteiger partial charge in [0, 0.05) is 43.7 Å². The molecule has 0 radical (unpaired) electrons. The Morgan fingerprint density at radius 1 is 1.09 bits per heavy atom. The first kappa shape index (κ1) is 24.9. The van der Waals surface area contributed by atoms with E-state index in [9.17, 15) is 22.8 Å². The Morgan fingerprint density at radius 3 is 2.47 bits per heavy atom. The number of aryl methyl sites for hydroxylation is 1. The lowest BCUT2D eigenvalue weighted by Gasteiger charge is -2.23. The van der Waals surface area contributed by atoms with Crippen molar-refractivity contribution in [1.29, 1.82) is 0 Å². The van der Waals surface area contributed by atoms with Crippen LogP contribution in [-0.2, 0) is 35.2 Å². The SMILES string of the molecule is CCN(Cc1cc(C(F)(F)F)ccc1-c1ccc(CC(=O)O)nc1)C(=O)CCc1cccnc1. The van der Waals surface area contributed by atoms with Gasteiger partial charge in [-0.1, -0.05) is 18.2 Å². The molecule has 0 unspecified atom stereocenters. The molecule has 6 nitrogen and oxygen atoms in total. The predicted octanol–water partition coefficient (Wildman–Crippen LogP) is 4.77. The number of carboxylic acid groups (broad SMARTS) is 1. The molecule has 3 rings (SSSR count). The predicted molar refractivity (Wildman–Crippen MR) is 120 cm³/mol. The monoisotopic (exact) mass is 471 g/mol. The largest absolute Gasteiger partial charge is 0.481 e. The first-order valence-corrected chi connectivity index (χ1v) is 10.7. The highest BCUT2D eigenvalue weighted by atomic mass is 19.4. The van der Waals surface area contributed by atoms with Gasteiger partial charge >= 0.3 is 12.1 Å². The van der Waals surface area contributed by atoms with Gasteiger partial charge in [0.1, 0.15) is 0 Å². The molecule has 1 amide bonds. The Balaban J connectivity index is 1.87. The Bertz CT molecular complexity index is 1130. The fourth-order valence-corrected chi connectivity index (χ4v) is 3.56. The summed E-state index contributed by atoms with van der Waals surface area (Å²) in [4.78, 5) is 33.4. The summed E-state index contributed by atoms with van der Waals surface area (Å²) in [6.45, 7) is 2.10. The van der Waals surface area contributed by atoms with E-state index in [0.717, 1.165) is 17.7 Å². The Kier molecular flexibility index (Phi) is 7.99. The van der Waals surface area contributed by atoms with Crippen LogP contribution in [0.2, 0.25) is 0 Å². The van der Waals surface area contributed by atoms with Gasteiger partial charge in [0.05, 0.1) is 17.7 Å². The maximum Gasteiger partial charge on any atom is 0.416 e. The van der Waals surface area contributed by atoms with Crippen LogP contribution >= 0.6 is 0 Å². The molecule has 1 N–H and O–H groups in total. The number of alkyl halides is 3. The molecule has 2 aromatic heterocycles. The summed E-state index contributed by atoms with van der Waals surface area (Å²) in [5.74, 6) is -1.21. The lowest BCUT2D eigenvalue weighted by molar-refractivity contribution is -0.138. The zero-order valence-corrected chi connectivity index (χ0v) is 18.5. The van der Waals surface area contributed by atoms with Gasteiger partial charge in [-0.25, -0.2) is 0 Å². The summed E-state index contributed by atoms with van der Waals surface area (Å²) in [5, 5.41) is 8.91. The first-order chi connectivity index (χ1) is 16.2. The van der Waals surface area contributed by atoms with E-state index in [-0.39, 0.29) is 25.3 Å². The molecule has 34 heavy (non-hydrogen) atoms. The van der Waals surface area contributed by atoms with Crippen molar-refractivity contribution in [3.8, 4) is 11.1 Å². The van der Waals surface area contributed by atoms with Gasteiger partial charge in [-0.15, -0.1) is 0 Å². The van der Waals surface area contributed by atoms with Crippen LogP contribution < -0.4 is 0 Å². The third-order valence-electron chi connectivity index (χ3n) is 5.35. The summed E-state index contributed by atoms with van der Waals surface area (Å²) >= 11 is 0. The summed E-state index contributed by atoms with van der Waals surface area (Å²) in [6, 6.07) is 10.2. The van der Waals surface area contributed by atoms with Crippen LogP contribution in [-0.4, -0.2) is 38.4 Å². The average Bonchev–Trinajstić information content (AvgIpc) is 2.81. The van der Waals surface area contributed by atoms with Crippen LogP contribution in [0.4, 0.5) is 13.2 Å². The molecule has 0 fully saturated rings. The molecule has 0 aliphatic rings. The lowest BCUT2D eigenvalue weighted by atomic mass is 9.97. The van der Waals surface area contributed by atoms with Crippen LogP contribution in [0.5, 0.6) is 0 Å². The minimum Gasteiger partial charge on any atom is -0.481 e. The minimum absolute atomic E-state index is 0.00148. The Labute approximate surface area is 195 Å². The van der Waals surface area contributed by atoms with Crippen molar-refractivity contribution in [2.75, 3.05) is 6.54 Å². The lowest BCUT2D eigenvalue weighted by Crippen LogP contribution is -2.30. The number of benzene rings is 1. The molecule has 9 heteroatoms. The fourth-order valence-electron chi connectivity index (χ4n) is 3.56. The molecular weight excluding hydrogens is 447 g/mol. The van der Waals surface area contributed by atoms with Crippen molar-refractivity contribution in [2.45, 2.75) is 38.9 Å². The van der Waals surface area contributed by atoms with E-state index in [1.54, 1.807) is 31.5 Å². The number of carbonyl (C=O) groups excluding carboxylic acids is 1. The fraction of sp³-hybridized carbons (Fsp3) is 0.280. The number of hydrogen-bond acceptors (Lipinski definition) is 4. The molecule has 178 valence electrons. The van der Waals surface area contributed by atoms with Gasteiger partial charge in [0.15, 0.2) is 0 Å². The van der Waals surface area contributed by atoms with Gasteiger partial charge in [-0.3, -0.25) is 19.6 Å². The molecule has 3 aromatic rings. The van der Waals surface area contributed by atoms with E-state index < -0.39 is 17.7 Å². The summed E-state index contributed by atoms with van der Waals surface area (Å²) < 4.78 is 40.2. The number of pyridine rings is 2.